The van der Waals surface area contributed by atoms with Crippen molar-refractivity contribution in [3.05, 3.63) is 0 Å². The van der Waals surface area contributed by atoms with Gasteiger partial charge in [-0.15, -0.1) is 0 Å². The molecular formula is C12H24N2O2. The summed E-state index contributed by atoms with van der Waals surface area (Å²) in [6.07, 6.45) is 4.01. The van der Waals surface area contributed by atoms with E-state index < -0.39 is 5.97 Å². The Kier molecular flexibility index (Phi) is 5.77. The molecule has 1 saturated heterocycles. The van der Waals surface area contributed by atoms with Crippen molar-refractivity contribution in [3.63, 3.8) is 0 Å². The average molecular weight is 228 g/mol. The maximum absolute atomic E-state index is 11.1. The summed E-state index contributed by atoms with van der Waals surface area (Å²) in [7, 11) is 1.94. The van der Waals surface area contributed by atoms with Gasteiger partial charge in [0.1, 0.15) is 6.04 Å². The molecule has 4 heteroatoms. The second kappa shape index (κ2) is 6.86. The zero-order valence-electron chi connectivity index (χ0n) is 10.4. The van der Waals surface area contributed by atoms with Crippen molar-refractivity contribution < 1.29 is 9.90 Å². The van der Waals surface area contributed by atoms with Crippen LogP contribution in [0, 0.1) is 5.92 Å². The third kappa shape index (κ3) is 4.10. The first-order valence-electron chi connectivity index (χ1n) is 6.29. The highest BCUT2D eigenvalue weighted by Crippen LogP contribution is 2.15. The maximum Gasteiger partial charge on any atom is 0.320 e. The molecule has 1 rings (SSSR count). The first kappa shape index (κ1) is 13.5. The quantitative estimate of drug-likeness (QED) is 0.716. The molecule has 94 valence electrons. The molecule has 1 aliphatic rings. The van der Waals surface area contributed by atoms with Gasteiger partial charge < -0.3 is 10.4 Å². The molecule has 16 heavy (non-hydrogen) atoms. The van der Waals surface area contributed by atoms with Crippen molar-refractivity contribution in [2.45, 2.75) is 38.6 Å². The monoisotopic (exact) mass is 228 g/mol. The minimum absolute atomic E-state index is 0.306. The SMILES string of the molecule is CCCC(C(=O)O)N(C)CC1CCNCC1. The number of hydrogen-bond acceptors (Lipinski definition) is 3. The topological polar surface area (TPSA) is 52.6 Å². The number of piperidine rings is 1. The summed E-state index contributed by atoms with van der Waals surface area (Å²) in [6.45, 7) is 5.10. The van der Waals surface area contributed by atoms with Gasteiger partial charge in [-0.05, 0) is 45.3 Å². The van der Waals surface area contributed by atoms with Crippen LogP contribution in [0.15, 0.2) is 0 Å². The van der Waals surface area contributed by atoms with E-state index in [4.69, 9.17) is 5.11 Å². The van der Waals surface area contributed by atoms with Gasteiger partial charge in [0.25, 0.3) is 0 Å². The summed E-state index contributed by atoms with van der Waals surface area (Å²) in [5.41, 5.74) is 0. The predicted molar refractivity (Wildman–Crippen MR) is 64.6 cm³/mol. The van der Waals surface area contributed by atoms with Crippen LogP contribution in [0.3, 0.4) is 0 Å². The largest absolute Gasteiger partial charge is 0.480 e. The average Bonchev–Trinajstić information content (AvgIpc) is 2.26. The summed E-state index contributed by atoms with van der Waals surface area (Å²) in [5, 5.41) is 12.5. The lowest BCUT2D eigenvalue weighted by molar-refractivity contribution is -0.143. The summed E-state index contributed by atoms with van der Waals surface area (Å²) in [5.74, 6) is -0.0248. The molecule has 0 aromatic carbocycles. The van der Waals surface area contributed by atoms with Gasteiger partial charge in [0.15, 0.2) is 0 Å². The number of hydrogen-bond donors (Lipinski definition) is 2. The molecule has 1 atom stereocenters. The molecule has 0 aliphatic carbocycles. The lowest BCUT2D eigenvalue weighted by atomic mass is 9.96. The van der Waals surface area contributed by atoms with Gasteiger partial charge in [0.05, 0.1) is 0 Å². The van der Waals surface area contributed by atoms with Crippen LogP contribution < -0.4 is 5.32 Å². The smallest absolute Gasteiger partial charge is 0.320 e. The molecule has 0 aromatic heterocycles. The molecule has 1 aliphatic heterocycles. The van der Waals surface area contributed by atoms with Crippen LogP contribution in [0.4, 0.5) is 0 Å². The second-order valence-electron chi connectivity index (χ2n) is 4.78. The number of carboxylic acid groups (broad SMARTS) is 1. The third-order valence-corrected chi connectivity index (χ3v) is 3.38. The van der Waals surface area contributed by atoms with E-state index >= 15 is 0 Å². The fourth-order valence-corrected chi connectivity index (χ4v) is 2.40. The number of rotatable bonds is 6. The number of carboxylic acids is 1. The Morgan fingerprint density at radius 3 is 2.62 bits per heavy atom. The van der Waals surface area contributed by atoms with E-state index in [1.165, 1.54) is 12.8 Å². The van der Waals surface area contributed by atoms with Gasteiger partial charge >= 0.3 is 5.97 Å². The lowest BCUT2D eigenvalue weighted by Crippen LogP contribution is -2.43. The molecule has 1 unspecified atom stereocenters. The van der Waals surface area contributed by atoms with Crippen LogP contribution in [-0.2, 0) is 4.79 Å². The van der Waals surface area contributed by atoms with Crippen LogP contribution in [0.2, 0.25) is 0 Å². The Hall–Kier alpha value is -0.610. The van der Waals surface area contributed by atoms with Crippen molar-refractivity contribution in [1.29, 1.82) is 0 Å². The Labute approximate surface area is 98.0 Å². The van der Waals surface area contributed by atoms with E-state index in [2.05, 4.69) is 5.32 Å². The van der Waals surface area contributed by atoms with E-state index in [0.717, 1.165) is 32.5 Å². The number of likely N-dealkylation sites (N-methyl/N-ethyl adjacent to an activating group) is 1. The van der Waals surface area contributed by atoms with Crippen molar-refractivity contribution in [2.75, 3.05) is 26.7 Å². The number of nitrogens with one attached hydrogen (secondary N) is 1. The Morgan fingerprint density at radius 2 is 2.12 bits per heavy atom. The zero-order chi connectivity index (χ0) is 12.0. The van der Waals surface area contributed by atoms with Crippen molar-refractivity contribution >= 4 is 5.97 Å². The summed E-state index contributed by atoms with van der Waals surface area (Å²) >= 11 is 0. The molecule has 0 saturated carbocycles. The first-order valence-corrected chi connectivity index (χ1v) is 6.29. The van der Waals surface area contributed by atoms with Crippen molar-refractivity contribution in [2.24, 2.45) is 5.92 Å². The van der Waals surface area contributed by atoms with E-state index in [1.807, 2.05) is 18.9 Å². The summed E-state index contributed by atoms with van der Waals surface area (Å²) < 4.78 is 0. The molecule has 2 N–H and O–H groups in total. The molecule has 0 amide bonds. The van der Waals surface area contributed by atoms with Gasteiger partial charge in [0, 0.05) is 6.54 Å². The molecule has 1 fully saturated rings. The van der Waals surface area contributed by atoms with E-state index in [0.29, 0.717) is 5.92 Å². The van der Waals surface area contributed by atoms with Crippen LogP contribution in [0.1, 0.15) is 32.6 Å². The van der Waals surface area contributed by atoms with E-state index in [9.17, 15) is 4.79 Å². The standard InChI is InChI=1S/C12H24N2O2/c1-3-4-11(12(15)16)14(2)9-10-5-7-13-8-6-10/h10-11,13H,3-9H2,1-2H3,(H,15,16). The minimum atomic E-state index is -0.682. The van der Waals surface area contributed by atoms with Crippen molar-refractivity contribution in [3.8, 4) is 0 Å². The van der Waals surface area contributed by atoms with E-state index in [1.54, 1.807) is 0 Å². The Morgan fingerprint density at radius 1 is 1.50 bits per heavy atom. The Bertz CT molecular complexity index is 215. The van der Waals surface area contributed by atoms with Gasteiger partial charge in [-0.1, -0.05) is 13.3 Å². The number of carbonyl (C=O) groups is 1. The highest BCUT2D eigenvalue weighted by atomic mass is 16.4. The zero-order valence-corrected chi connectivity index (χ0v) is 10.4. The van der Waals surface area contributed by atoms with Gasteiger partial charge in [-0.25, -0.2) is 0 Å². The molecule has 4 nitrogen and oxygen atoms in total. The second-order valence-corrected chi connectivity index (χ2v) is 4.78. The molecule has 1 heterocycles. The predicted octanol–water partition coefficient (Wildman–Crippen LogP) is 1.17. The van der Waals surface area contributed by atoms with Gasteiger partial charge in [-0.2, -0.15) is 0 Å². The molecule has 0 aromatic rings. The fraction of sp³-hybridized carbons (Fsp3) is 0.917. The van der Waals surface area contributed by atoms with Crippen LogP contribution in [0.25, 0.3) is 0 Å². The number of aliphatic carboxylic acids is 1. The molecule has 0 bridgehead atoms. The van der Waals surface area contributed by atoms with Gasteiger partial charge in [0.2, 0.25) is 0 Å². The normalized spacial score (nSPS) is 19.9. The summed E-state index contributed by atoms with van der Waals surface area (Å²) in [4.78, 5) is 13.1. The maximum atomic E-state index is 11.1. The summed E-state index contributed by atoms with van der Waals surface area (Å²) in [6, 6.07) is -0.306. The molecular weight excluding hydrogens is 204 g/mol. The fourth-order valence-electron chi connectivity index (χ4n) is 2.40. The first-order chi connectivity index (χ1) is 7.65. The number of nitrogens with zero attached hydrogens (tertiary/aromatic N) is 1. The highest BCUT2D eigenvalue weighted by molar-refractivity contribution is 5.73. The Balaban J connectivity index is 2.40. The van der Waals surface area contributed by atoms with Crippen LogP contribution in [0.5, 0.6) is 0 Å². The molecule has 0 radical (unpaired) electrons. The van der Waals surface area contributed by atoms with Crippen LogP contribution >= 0.6 is 0 Å². The van der Waals surface area contributed by atoms with Gasteiger partial charge in [-0.3, -0.25) is 9.69 Å². The van der Waals surface area contributed by atoms with E-state index in [-0.39, 0.29) is 6.04 Å². The lowest BCUT2D eigenvalue weighted by Gasteiger charge is -2.30. The van der Waals surface area contributed by atoms with Crippen molar-refractivity contribution in [1.82, 2.24) is 10.2 Å². The molecule has 0 spiro atoms. The minimum Gasteiger partial charge on any atom is -0.480 e. The van der Waals surface area contributed by atoms with Crippen LogP contribution in [-0.4, -0.2) is 48.7 Å². The highest BCUT2D eigenvalue weighted by Gasteiger charge is 2.24. The third-order valence-electron chi connectivity index (χ3n) is 3.38.